The van der Waals surface area contributed by atoms with E-state index in [0.717, 1.165) is 63.0 Å². The first kappa shape index (κ1) is 22.2. The molecule has 9 heteroatoms. The van der Waals surface area contributed by atoms with Gasteiger partial charge in [-0.25, -0.2) is 19.7 Å². The van der Waals surface area contributed by atoms with E-state index in [1.165, 1.54) is 12.7 Å². The standard InChI is InChI=1S/C26H30N6O3/c1-31-22-21(30-23(31)24(33)35-2)20(27-15-28-22)16-7-9-17(10-8-16)32-13-11-26(12-14-32)18-5-3-4-6-19(18)29-25(26)34/h3-6,15-17H,7-14H2,1-2H3,(H,29,34). The Morgan fingerprint density at radius 2 is 1.86 bits per heavy atom. The highest BCUT2D eigenvalue weighted by atomic mass is 16.5. The molecule has 1 saturated carbocycles. The Bertz CT molecular complexity index is 1300. The molecule has 1 saturated heterocycles. The van der Waals surface area contributed by atoms with E-state index in [1.54, 1.807) is 17.9 Å². The molecule has 0 unspecified atom stereocenters. The van der Waals surface area contributed by atoms with Crippen molar-refractivity contribution in [2.75, 3.05) is 25.5 Å². The van der Waals surface area contributed by atoms with Crippen LogP contribution in [-0.2, 0) is 22.0 Å². The Kier molecular flexibility index (Phi) is 5.32. The van der Waals surface area contributed by atoms with Crippen molar-refractivity contribution >= 4 is 28.7 Å². The topological polar surface area (TPSA) is 102 Å². The molecule has 2 aromatic heterocycles. The number of fused-ring (bicyclic) bond motifs is 3. The molecule has 0 bridgehead atoms. The number of esters is 1. The average Bonchev–Trinajstić information content (AvgIpc) is 3.38. The lowest BCUT2D eigenvalue weighted by Gasteiger charge is -2.43. The van der Waals surface area contributed by atoms with Crippen molar-refractivity contribution in [3.05, 3.63) is 47.7 Å². The van der Waals surface area contributed by atoms with Crippen LogP contribution in [0.2, 0.25) is 0 Å². The summed E-state index contributed by atoms with van der Waals surface area (Å²) < 4.78 is 6.55. The molecule has 9 nitrogen and oxygen atoms in total. The van der Waals surface area contributed by atoms with Gasteiger partial charge in [0.1, 0.15) is 11.8 Å². The molecular weight excluding hydrogens is 444 g/mol. The zero-order chi connectivity index (χ0) is 24.2. The fourth-order valence-corrected chi connectivity index (χ4v) is 6.44. The van der Waals surface area contributed by atoms with E-state index in [1.807, 2.05) is 18.2 Å². The van der Waals surface area contributed by atoms with Gasteiger partial charge in [-0.3, -0.25) is 4.79 Å². The van der Waals surface area contributed by atoms with Crippen LogP contribution in [-0.4, -0.2) is 62.5 Å². The number of imidazole rings is 1. The van der Waals surface area contributed by atoms with Crippen molar-refractivity contribution in [2.24, 2.45) is 7.05 Å². The first-order chi connectivity index (χ1) is 17.0. The molecule has 1 amide bonds. The van der Waals surface area contributed by atoms with Crippen LogP contribution in [0.5, 0.6) is 0 Å². The molecule has 1 spiro atoms. The van der Waals surface area contributed by atoms with Gasteiger partial charge in [0.25, 0.3) is 0 Å². The number of carbonyl (C=O) groups excluding carboxylic acids is 2. The van der Waals surface area contributed by atoms with Crippen LogP contribution in [0.25, 0.3) is 11.2 Å². The van der Waals surface area contributed by atoms with Gasteiger partial charge in [0, 0.05) is 24.7 Å². The number of aryl methyl sites for hydroxylation is 1. The van der Waals surface area contributed by atoms with Crippen LogP contribution in [0.15, 0.2) is 30.6 Å². The summed E-state index contributed by atoms with van der Waals surface area (Å²) in [7, 11) is 3.14. The summed E-state index contributed by atoms with van der Waals surface area (Å²) >= 11 is 0. The van der Waals surface area contributed by atoms with Crippen LogP contribution in [0.4, 0.5) is 5.69 Å². The third-order valence-corrected chi connectivity index (χ3v) is 8.43. The number of methoxy groups -OCH3 is 1. The largest absolute Gasteiger partial charge is 0.463 e. The molecule has 182 valence electrons. The highest BCUT2D eigenvalue weighted by molar-refractivity contribution is 6.06. The van der Waals surface area contributed by atoms with E-state index < -0.39 is 5.97 Å². The first-order valence-electron chi connectivity index (χ1n) is 12.4. The number of piperidine rings is 1. The smallest absolute Gasteiger partial charge is 0.374 e. The molecule has 2 fully saturated rings. The maximum atomic E-state index is 12.9. The van der Waals surface area contributed by atoms with Crippen molar-refractivity contribution in [2.45, 2.75) is 55.9 Å². The minimum Gasteiger partial charge on any atom is -0.463 e. The number of hydrogen-bond donors (Lipinski definition) is 1. The SMILES string of the molecule is COC(=O)c1nc2c(C3CCC(N4CCC5(CC4)C(=O)Nc4ccccc45)CC3)ncnc2n1C. The van der Waals surface area contributed by atoms with Gasteiger partial charge in [-0.1, -0.05) is 18.2 Å². The molecule has 2 aliphatic heterocycles. The highest BCUT2D eigenvalue weighted by Gasteiger charge is 2.49. The van der Waals surface area contributed by atoms with Gasteiger partial charge in [0.05, 0.1) is 18.2 Å². The second-order valence-corrected chi connectivity index (χ2v) is 10.0. The number of aromatic nitrogens is 4. The molecule has 35 heavy (non-hydrogen) atoms. The lowest BCUT2D eigenvalue weighted by molar-refractivity contribution is -0.122. The lowest BCUT2D eigenvalue weighted by atomic mass is 9.73. The number of anilines is 1. The summed E-state index contributed by atoms with van der Waals surface area (Å²) in [6, 6.07) is 8.66. The van der Waals surface area contributed by atoms with Gasteiger partial charge in [-0.2, -0.15) is 0 Å². The fraction of sp³-hybridized carbons (Fsp3) is 0.500. The number of nitrogens with zero attached hydrogens (tertiary/aromatic N) is 5. The molecule has 6 rings (SSSR count). The van der Waals surface area contributed by atoms with Crippen LogP contribution in [0, 0.1) is 0 Å². The fourth-order valence-electron chi connectivity index (χ4n) is 6.44. The monoisotopic (exact) mass is 474 g/mol. The first-order valence-corrected chi connectivity index (χ1v) is 12.4. The van der Waals surface area contributed by atoms with Crippen molar-refractivity contribution in [3.8, 4) is 0 Å². The number of ether oxygens (including phenoxy) is 1. The average molecular weight is 475 g/mol. The van der Waals surface area contributed by atoms with Gasteiger partial charge in [0.15, 0.2) is 5.65 Å². The molecule has 1 N–H and O–H groups in total. The van der Waals surface area contributed by atoms with Crippen LogP contribution in [0.3, 0.4) is 0 Å². The van der Waals surface area contributed by atoms with E-state index in [2.05, 4.69) is 31.2 Å². The number of para-hydroxylation sites is 1. The van der Waals surface area contributed by atoms with Crippen molar-refractivity contribution in [3.63, 3.8) is 0 Å². The van der Waals surface area contributed by atoms with E-state index in [9.17, 15) is 9.59 Å². The number of nitrogens with one attached hydrogen (secondary N) is 1. The molecule has 1 aromatic carbocycles. The predicted molar refractivity (Wildman–Crippen MR) is 130 cm³/mol. The minimum atomic E-state index is -0.471. The minimum absolute atomic E-state index is 0.163. The molecule has 1 aliphatic carbocycles. The second kappa shape index (κ2) is 8.41. The molecular formula is C26H30N6O3. The zero-order valence-electron chi connectivity index (χ0n) is 20.2. The van der Waals surface area contributed by atoms with Gasteiger partial charge in [0.2, 0.25) is 11.7 Å². The van der Waals surface area contributed by atoms with Gasteiger partial charge in [-0.05, 0) is 63.2 Å². The predicted octanol–water partition coefficient (Wildman–Crippen LogP) is 3.16. The van der Waals surface area contributed by atoms with Crippen molar-refractivity contribution in [1.82, 2.24) is 24.4 Å². The number of carbonyl (C=O) groups is 2. The van der Waals surface area contributed by atoms with E-state index in [4.69, 9.17) is 4.74 Å². The molecule has 4 heterocycles. The normalized spacial score (nSPS) is 23.9. The Morgan fingerprint density at radius 3 is 2.60 bits per heavy atom. The quantitative estimate of drug-likeness (QED) is 0.582. The summed E-state index contributed by atoms with van der Waals surface area (Å²) in [6.45, 7) is 1.88. The Hall–Kier alpha value is -3.33. The molecule has 3 aliphatic rings. The number of benzene rings is 1. The molecule has 0 radical (unpaired) electrons. The Morgan fingerprint density at radius 1 is 1.11 bits per heavy atom. The summed E-state index contributed by atoms with van der Waals surface area (Å²) in [5, 5.41) is 3.10. The second-order valence-electron chi connectivity index (χ2n) is 10.0. The van der Waals surface area contributed by atoms with Gasteiger partial charge in [-0.15, -0.1) is 0 Å². The lowest BCUT2D eigenvalue weighted by Crippen LogP contribution is -2.50. The van der Waals surface area contributed by atoms with Crippen molar-refractivity contribution in [1.29, 1.82) is 0 Å². The highest BCUT2D eigenvalue weighted by Crippen LogP contribution is 2.46. The number of hydrogen-bond acceptors (Lipinski definition) is 7. The van der Waals surface area contributed by atoms with Crippen molar-refractivity contribution < 1.29 is 14.3 Å². The third-order valence-electron chi connectivity index (χ3n) is 8.43. The maximum Gasteiger partial charge on any atom is 0.374 e. The Balaban J connectivity index is 1.14. The summed E-state index contributed by atoms with van der Waals surface area (Å²) in [4.78, 5) is 41.1. The zero-order valence-corrected chi connectivity index (χ0v) is 20.2. The summed E-state index contributed by atoms with van der Waals surface area (Å²) in [5.74, 6) is 0.233. The summed E-state index contributed by atoms with van der Waals surface area (Å²) in [6.07, 6.45) is 7.52. The van der Waals surface area contributed by atoms with E-state index >= 15 is 0 Å². The third kappa shape index (κ3) is 3.43. The van der Waals surface area contributed by atoms with E-state index in [0.29, 0.717) is 23.1 Å². The molecule has 0 atom stereocenters. The Labute approximate surface area is 203 Å². The number of amides is 1. The van der Waals surface area contributed by atoms with Crippen LogP contribution < -0.4 is 5.32 Å². The number of likely N-dealkylation sites (tertiary alicyclic amines) is 1. The molecule has 3 aromatic rings. The maximum absolute atomic E-state index is 12.9. The van der Waals surface area contributed by atoms with Crippen LogP contribution >= 0.6 is 0 Å². The van der Waals surface area contributed by atoms with Gasteiger partial charge < -0.3 is 19.5 Å². The van der Waals surface area contributed by atoms with Crippen LogP contribution in [0.1, 0.15) is 66.3 Å². The summed E-state index contributed by atoms with van der Waals surface area (Å²) in [5.41, 5.74) is 4.07. The van der Waals surface area contributed by atoms with Gasteiger partial charge >= 0.3 is 5.97 Å². The van der Waals surface area contributed by atoms with E-state index in [-0.39, 0.29) is 17.1 Å². The number of rotatable bonds is 3.